The van der Waals surface area contributed by atoms with E-state index >= 15 is 0 Å². The third-order valence-electron chi connectivity index (χ3n) is 2.21. The summed E-state index contributed by atoms with van der Waals surface area (Å²) in [6.45, 7) is 0. The molecule has 1 aromatic heterocycles. The topological polar surface area (TPSA) is 20.2 Å². The van der Waals surface area contributed by atoms with Crippen LogP contribution < -0.4 is 0 Å². The maximum absolute atomic E-state index is 13.4. The predicted molar refractivity (Wildman–Crippen MR) is 56.3 cm³/mol. The lowest BCUT2D eigenvalue weighted by Gasteiger charge is -2.03. The average Bonchev–Trinajstić information content (AvgIpc) is 2.75. The Kier molecular flexibility index (Phi) is 3.02. The molecule has 0 spiro atoms. The normalized spacial score (nSPS) is 11.8. The first-order valence-corrected chi connectivity index (χ1v) is 5.46. The lowest BCUT2D eigenvalue weighted by atomic mass is 10.1. The van der Waals surface area contributed by atoms with Gasteiger partial charge in [-0.25, -0.2) is 4.39 Å². The Balaban J connectivity index is 2.50. The van der Waals surface area contributed by atoms with Gasteiger partial charge in [0.25, 0.3) is 0 Å². The minimum absolute atomic E-state index is 0.0567. The SMILES string of the molecule is Oc1ccc(-c2ccc(C(F)(F)F)s2)c(F)c1F. The first-order chi connectivity index (χ1) is 8.30. The zero-order chi connectivity index (χ0) is 13.5. The number of benzene rings is 1. The summed E-state index contributed by atoms with van der Waals surface area (Å²) in [4.78, 5) is -0.955. The smallest absolute Gasteiger partial charge is 0.425 e. The van der Waals surface area contributed by atoms with Crippen molar-refractivity contribution in [1.29, 1.82) is 0 Å². The van der Waals surface area contributed by atoms with E-state index in [0.717, 1.165) is 24.3 Å². The number of halogens is 5. The molecule has 0 amide bonds. The van der Waals surface area contributed by atoms with Crippen LogP contribution in [0.3, 0.4) is 0 Å². The van der Waals surface area contributed by atoms with Gasteiger partial charge in [-0.15, -0.1) is 11.3 Å². The van der Waals surface area contributed by atoms with Gasteiger partial charge in [0, 0.05) is 10.4 Å². The highest BCUT2D eigenvalue weighted by atomic mass is 32.1. The summed E-state index contributed by atoms with van der Waals surface area (Å²) in [5.41, 5.74) is -0.314. The van der Waals surface area contributed by atoms with Gasteiger partial charge in [0.05, 0.1) is 0 Å². The Hall–Kier alpha value is -1.63. The van der Waals surface area contributed by atoms with Crippen LogP contribution in [0.2, 0.25) is 0 Å². The molecule has 1 heterocycles. The number of aromatic hydroxyl groups is 1. The second-order valence-corrected chi connectivity index (χ2v) is 4.51. The molecule has 0 atom stereocenters. The Morgan fingerprint density at radius 3 is 2.17 bits per heavy atom. The van der Waals surface area contributed by atoms with Gasteiger partial charge in [-0.05, 0) is 24.3 Å². The molecule has 18 heavy (non-hydrogen) atoms. The second kappa shape index (κ2) is 4.24. The van der Waals surface area contributed by atoms with Crippen LogP contribution in [-0.4, -0.2) is 5.11 Å². The number of phenolic OH excluding ortho intramolecular Hbond substituents is 1. The van der Waals surface area contributed by atoms with E-state index in [4.69, 9.17) is 5.11 Å². The zero-order valence-corrected chi connectivity index (χ0v) is 9.37. The zero-order valence-electron chi connectivity index (χ0n) is 8.55. The molecule has 0 fully saturated rings. The summed E-state index contributed by atoms with van der Waals surface area (Å²) in [5, 5.41) is 8.91. The molecular formula is C11H5F5OS. The van der Waals surface area contributed by atoms with E-state index in [1.165, 1.54) is 0 Å². The number of hydrogen-bond donors (Lipinski definition) is 1. The molecule has 0 radical (unpaired) electrons. The van der Waals surface area contributed by atoms with E-state index in [0.29, 0.717) is 11.3 Å². The molecule has 1 nitrogen and oxygen atoms in total. The fourth-order valence-corrected chi connectivity index (χ4v) is 2.26. The third kappa shape index (κ3) is 2.17. The van der Waals surface area contributed by atoms with Crippen LogP contribution in [0.4, 0.5) is 22.0 Å². The largest absolute Gasteiger partial charge is 0.505 e. The van der Waals surface area contributed by atoms with E-state index in [1.54, 1.807) is 0 Å². The van der Waals surface area contributed by atoms with Crippen molar-refractivity contribution in [2.45, 2.75) is 6.18 Å². The van der Waals surface area contributed by atoms with Crippen LogP contribution in [0.25, 0.3) is 10.4 Å². The van der Waals surface area contributed by atoms with Crippen LogP contribution in [0.15, 0.2) is 24.3 Å². The highest BCUT2D eigenvalue weighted by molar-refractivity contribution is 7.15. The molecule has 0 aliphatic rings. The van der Waals surface area contributed by atoms with Crippen molar-refractivity contribution >= 4 is 11.3 Å². The van der Waals surface area contributed by atoms with Gasteiger partial charge < -0.3 is 5.11 Å². The number of hydrogen-bond acceptors (Lipinski definition) is 2. The predicted octanol–water partition coefficient (Wildman–Crippen LogP) is 4.42. The van der Waals surface area contributed by atoms with E-state index in [1.807, 2.05) is 0 Å². The molecule has 2 aromatic rings. The van der Waals surface area contributed by atoms with Gasteiger partial charge in [-0.2, -0.15) is 17.6 Å². The number of alkyl halides is 3. The highest BCUT2D eigenvalue weighted by Crippen LogP contribution is 2.40. The Morgan fingerprint density at radius 1 is 0.944 bits per heavy atom. The molecule has 96 valence electrons. The average molecular weight is 280 g/mol. The number of rotatable bonds is 1. The molecule has 2 rings (SSSR count). The quantitative estimate of drug-likeness (QED) is 0.767. The molecule has 1 N–H and O–H groups in total. The Bertz CT molecular complexity index is 588. The van der Waals surface area contributed by atoms with Crippen molar-refractivity contribution in [2.75, 3.05) is 0 Å². The fourth-order valence-electron chi connectivity index (χ4n) is 1.36. The maximum atomic E-state index is 13.4. The van der Waals surface area contributed by atoms with Crippen LogP contribution in [0.5, 0.6) is 5.75 Å². The minimum Gasteiger partial charge on any atom is -0.505 e. The molecule has 0 aliphatic heterocycles. The second-order valence-electron chi connectivity index (χ2n) is 3.42. The highest BCUT2D eigenvalue weighted by Gasteiger charge is 2.32. The Labute approximate surface area is 102 Å². The van der Waals surface area contributed by atoms with Crippen molar-refractivity contribution in [2.24, 2.45) is 0 Å². The minimum atomic E-state index is -4.52. The third-order valence-corrected chi connectivity index (χ3v) is 3.38. The van der Waals surface area contributed by atoms with Gasteiger partial charge in [-0.1, -0.05) is 0 Å². The molecule has 0 unspecified atom stereocenters. The van der Waals surface area contributed by atoms with Crippen molar-refractivity contribution < 1.29 is 27.1 Å². The van der Waals surface area contributed by atoms with Gasteiger partial charge in [0.1, 0.15) is 4.88 Å². The summed E-state index contributed by atoms with van der Waals surface area (Å²) in [7, 11) is 0. The van der Waals surface area contributed by atoms with Crippen molar-refractivity contribution in [1.82, 2.24) is 0 Å². The van der Waals surface area contributed by atoms with Gasteiger partial charge >= 0.3 is 6.18 Å². The Morgan fingerprint density at radius 2 is 1.61 bits per heavy atom. The van der Waals surface area contributed by atoms with E-state index < -0.39 is 28.4 Å². The first kappa shape index (κ1) is 12.8. The molecule has 1 aromatic carbocycles. The van der Waals surface area contributed by atoms with Crippen molar-refractivity contribution in [3.05, 3.63) is 40.8 Å². The molecule has 7 heteroatoms. The molecule has 0 saturated carbocycles. The van der Waals surface area contributed by atoms with E-state index in [9.17, 15) is 22.0 Å². The summed E-state index contributed by atoms with van der Waals surface area (Å²) in [6.07, 6.45) is -4.52. The molecule has 0 bridgehead atoms. The van der Waals surface area contributed by atoms with Gasteiger partial charge in [0.15, 0.2) is 11.6 Å². The lowest BCUT2D eigenvalue weighted by molar-refractivity contribution is -0.134. The maximum Gasteiger partial charge on any atom is 0.425 e. The monoisotopic (exact) mass is 280 g/mol. The fraction of sp³-hybridized carbons (Fsp3) is 0.0909. The molecular weight excluding hydrogens is 275 g/mol. The van der Waals surface area contributed by atoms with Gasteiger partial charge in [0.2, 0.25) is 5.82 Å². The summed E-state index contributed by atoms with van der Waals surface area (Å²) in [5.74, 6) is -3.73. The lowest BCUT2D eigenvalue weighted by Crippen LogP contribution is -2.00. The molecule has 0 aliphatic carbocycles. The van der Waals surface area contributed by atoms with Crippen LogP contribution in [0.1, 0.15) is 4.88 Å². The van der Waals surface area contributed by atoms with Crippen LogP contribution >= 0.6 is 11.3 Å². The first-order valence-electron chi connectivity index (χ1n) is 4.65. The summed E-state index contributed by atoms with van der Waals surface area (Å²) in [6, 6.07) is 3.77. The number of thiophene rings is 1. The molecule has 0 saturated heterocycles. The summed E-state index contributed by atoms with van der Waals surface area (Å²) < 4.78 is 63.6. The van der Waals surface area contributed by atoms with Crippen molar-refractivity contribution in [3.8, 4) is 16.2 Å². The van der Waals surface area contributed by atoms with Crippen LogP contribution in [-0.2, 0) is 6.18 Å². The van der Waals surface area contributed by atoms with Gasteiger partial charge in [-0.3, -0.25) is 0 Å². The summed E-state index contributed by atoms with van der Waals surface area (Å²) >= 11 is 0.308. The van der Waals surface area contributed by atoms with E-state index in [2.05, 4.69) is 0 Å². The van der Waals surface area contributed by atoms with Crippen LogP contribution in [0, 0.1) is 11.6 Å². The number of phenols is 1. The standard InChI is InChI=1S/C11H5F5OS/c12-9-5(1-2-6(17)10(9)13)7-3-4-8(18-7)11(14,15)16/h1-4,17H. The van der Waals surface area contributed by atoms with E-state index in [-0.39, 0.29) is 10.4 Å². The van der Waals surface area contributed by atoms with Crippen molar-refractivity contribution in [3.63, 3.8) is 0 Å².